The number of nitrogens with one attached hydrogen (secondary N) is 2. The van der Waals surface area contributed by atoms with Crippen LogP contribution in [-0.2, 0) is 0 Å². The first-order valence-corrected chi connectivity index (χ1v) is 7.67. The average molecular weight is 291 g/mol. The molecule has 0 aromatic carbocycles. The highest BCUT2D eigenvalue weighted by Gasteiger charge is 2.18. The van der Waals surface area contributed by atoms with E-state index in [2.05, 4.69) is 25.5 Å². The van der Waals surface area contributed by atoms with Crippen molar-refractivity contribution in [2.75, 3.05) is 32.5 Å². The van der Waals surface area contributed by atoms with E-state index in [-0.39, 0.29) is 5.91 Å². The maximum absolute atomic E-state index is 12.1. The minimum atomic E-state index is -0.0966. The van der Waals surface area contributed by atoms with E-state index in [1.807, 2.05) is 14.1 Å². The highest BCUT2D eigenvalue weighted by atomic mass is 16.1. The van der Waals surface area contributed by atoms with Crippen LogP contribution in [0, 0.1) is 0 Å². The molecule has 0 spiro atoms. The van der Waals surface area contributed by atoms with Gasteiger partial charge in [0.15, 0.2) is 0 Å². The van der Waals surface area contributed by atoms with Crippen LogP contribution in [0.25, 0.3) is 0 Å². The lowest BCUT2D eigenvalue weighted by Crippen LogP contribution is -2.33. The van der Waals surface area contributed by atoms with Crippen LogP contribution in [-0.4, -0.2) is 54.0 Å². The topological polar surface area (TPSA) is 70.2 Å². The van der Waals surface area contributed by atoms with Gasteiger partial charge in [-0.25, -0.2) is 9.97 Å². The number of hydrogen-bond acceptors (Lipinski definition) is 5. The lowest BCUT2D eigenvalue weighted by molar-refractivity contribution is 0.0933. The van der Waals surface area contributed by atoms with E-state index >= 15 is 0 Å². The van der Waals surface area contributed by atoms with Crippen LogP contribution in [0.15, 0.2) is 12.3 Å². The molecule has 1 amide bonds. The summed E-state index contributed by atoms with van der Waals surface area (Å²) >= 11 is 0. The van der Waals surface area contributed by atoms with Crippen LogP contribution in [0.4, 0.5) is 5.95 Å². The second kappa shape index (κ2) is 7.93. The number of carbonyl (C=O) groups excluding carboxylic acids is 1. The summed E-state index contributed by atoms with van der Waals surface area (Å²) in [7, 11) is 4.09. The van der Waals surface area contributed by atoms with Gasteiger partial charge in [0.25, 0.3) is 5.91 Å². The summed E-state index contributed by atoms with van der Waals surface area (Å²) in [4.78, 5) is 22.7. The van der Waals surface area contributed by atoms with E-state index < -0.39 is 0 Å². The molecule has 0 unspecified atom stereocenters. The lowest BCUT2D eigenvalue weighted by atomic mass is 10.2. The summed E-state index contributed by atoms with van der Waals surface area (Å²) in [6.07, 6.45) is 7.19. The Morgan fingerprint density at radius 1 is 1.38 bits per heavy atom. The summed E-state index contributed by atoms with van der Waals surface area (Å²) < 4.78 is 0. The second-order valence-corrected chi connectivity index (χ2v) is 5.80. The smallest absolute Gasteiger partial charge is 0.270 e. The Kier molecular flexibility index (Phi) is 5.92. The lowest BCUT2D eigenvalue weighted by Gasteiger charge is -2.12. The van der Waals surface area contributed by atoms with Crippen LogP contribution in [0.3, 0.4) is 0 Å². The van der Waals surface area contributed by atoms with Gasteiger partial charge in [0.05, 0.1) is 0 Å². The van der Waals surface area contributed by atoms with E-state index in [0.717, 1.165) is 32.4 Å². The Balaban J connectivity index is 1.83. The summed E-state index contributed by atoms with van der Waals surface area (Å²) in [6, 6.07) is 1.97. The Hall–Kier alpha value is -1.69. The SMILES string of the molecule is CN(C)CCCNc1nccc(C(=O)NC2CCCC2)n1. The molecule has 2 N–H and O–H groups in total. The molecule has 1 aromatic heterocycles. The fraction of sp³-hybridized carbons (Fsp3) is 0.667. The van der Waals surface area contributed by atoms with Gasteiger partial charge in [0.2, 0.25) is 5.95 Å². The van der Waals surface area contributed by atoms with Crippen molar-refractivity contribution in [2.24, 2.45) is 0 Å². The van der Waals surface area contributed by atoms with Gasteiger partial charge in [-0.2, -0.15) is 0 Å². The molecular formula is C15H25N5O. The molecule has 1 fully saturated rings. The zero-order valence-electron chi connectivity index (χ0n) is 12.9. The number of aromatic nitrogens is 2. The molecule has 1 heterocycles. The van der Waals surface area contributed by atoms with Gasteiger partial charge in [0.1, 0.15) is 5.69 Å². The van der Waals surface area contributed by atoms with Crippen molar-refractivity contribution in [2.45, 2.75) is 38.1 Å². The van der Waals surface area contributed by atoms with Gasteiger partial charge < -0.3 is 15.5 Å². The third-order valence-electron chi connectivity index (χ3n) is 3.64. The summed E-state index contributed by atoms with van der Waals surface area (Å²) in [6.45, 7) is 1.81. The highest BCUT2D eigenvalue weighted by molar-refractivity contribution is 5.92. The van der Waals surface area contributed by atoms with Crippen LogP contribution in [0.1, 0.15) is 42.6 Å². The third kappa shape index (κ3) is 5.30. The fourth-order valence-corrected chi connectivity index (χ4v) is 2.50. The Bertz CT molecular complexity index is 457. The molecule has 0 radical (unpaired) electrons. The van der Waals surface area contributed by atoms with E-state index in [0.29, 0.717) is 17.7 Å². The normalized spacial score (nSPS) is 15.4. The molecule has 0 aliphatic heterocycles. The molecule has 2 rings (SSSR count). The number of anilines is 1. The van der Waals surface area contributed by atoms with Crippen LogP contribution >= 0.6 is 0 Å². The van der Waals surface area contributed by atoms with Crippen LogP contribution in [0.2, 0.25) is 0 Å². The van der Waals surface area contributed by atoms with Gasteiger partial charge >= 0.3 is 0 Å². The molecule has 1 saturated carbocycles. The first kappa shape index (κ1) is 15.7. The summed E-state index contributed by atoms with van der Waals surface area (Å²) in [5, 5.41) is 6.20. The van der Waals surface area contributed by atoms with E-state index in [4.69, 9.17) is 0 Å². The molecule has 1 aliphatic rings. The predicted molar refractivity (Wildman–Crippen MR) is 83.4 cm³/mol. The number of carbonyl (C=O) groups is 1. The molecule has 6 heteroatoms. The first-order valence-electron chi connectivity index (χ1n) is 7.67. The maximum atomic E-state index is 12.1. The zero-order valence-corrected chi connectivity index (χ0v) is 12.9. The molecular weight excluding hydrogens is 266 g/mol. The standard InChI is InChI=1S/C15H25N5O/c1-20(2)11-5-9-16-15-17-10-8-13(19-15)14(21)18-12-6-3-4-7-12/h8,10,12H,3-7,9,11H2,1-2H3,(H,18,21)(H,16,17,19). The van der Waals surface area contributed by atoms with Gasteiger partial charge in [0, 0.05) is 18.8 Å². The zero-order chi connectivity index (χ0) is 15.1. The van der Waals surface area contributed by atoms with Gasteiger partial charge in [-0.15, -0.1) is 0 Å². The number of hydrogen-bond donors (Lipinski definition) is 2. The number of rotatable bonds is 7. The minimum Gasteiger partial charge on any atom is -0.354 e. The third-order valence-corrected chi connectivity index (χ3v) is 3.64. The van der Waals surface area contributed by atoms with Crippen LogP contribution in [0.5, 0.6) is 0 Å². The van der Waals surface area contributed by atoms with Crippen molar-refractivity contribution in [1.29, 1.82) is 0 Å². The molecule has 1 aliphatic carbocycles. The maximum Gasteiger partial charge on any atom is 0.270 e. The molecule has 0 bridgehead atoms. The molecule has 6 nitrogen and oxygen atoms in total. The number of nitrogens with zero attached hydrogens (tertiary/aromatic N) is 3. The van der Waals surface area contributed by atoms with E-state index in [9.17, 15) is 4.79 Å². The Morgan fingerprint density at radius 3 is 2.86 bits per heavy atom. The molecule has 0 saturated heterocycles. The largest absolute Gasteiger partial charge is 0.354 e. The first-order chi connectivity index (χ1) is 10.1. The predicted octanol–water partition coefficient (Wildman–Crippen LogP) is 1.51. The fourth-order valence-electron chi connectivity index (χ4n) is 2.50. The van der Waals surface area contributed by atoms with E-state index in [1.54, 1.807) is 12.3 Å². The minimum absolute atomic E-state index is 0.0966. The quantitative estimate of drug-likeness (QED) is 0.745. The van der Waals surface area contributed by atoms with Crippen molar-refractivity contribution in [3.8, 4) is 0 Å². The van der Waals surface area contributed by atoms with Gasteiger partial charge in [-0.1, -0.05) is 12.8 Å². The van der Waals surface area contributed by atoms with Crippen molar-refractivity contribution in [1.82, 2.24) is 20.2 Å². The second-order valence-electron chi connectivity index (χ2n) is 5.80. The summed E-state index contributed by atoms with van der Waals surface area (Å²) in [5.41, 5.74) is 0.437. The van der Waals surface area contributed by atoms with Crippen molar-refractivity contribution < 1.29 is 4.79 Å². The molecule has 1 aromatic rings. The Labute approximate surface area is 126 Å². The van der Waals surface area contributed by atoms with Crippen molar-refractivity contribution >= 4 is 11.9 Å². The van der Waals surface area contributed by atoms with E-state index in [1.165, 1.54) is 12.8 Å². The summed E-state index contributed by atoms with van der Waals surface area (Å²) in [5.74, 6) is 0.425. The van der Waals surface area contributed by atoms with Gasteiger partial charge in [-0.3, -0.25) is 4.79 Å². The van der Waals surface area contributed by atoms with Crippen molar-refractivity contribution in [3.05, 3.63) is 18.0 Å². The molecule has 116 valence electrons. The van der Waals surface area contributed by atoms with Crippen LogP contribution < -0.4 is 10.6 Å². The highest BCUT2D eigenvalue weighted by Crippen LogP contribution is 2.18. The monoisotopic (exact) mass is 291 g/mol. The molecule has 21 heavy (non-hydrogen) atoms. The van der Waals surface area contributed by atoms with Crippen molar-refractivity contribution in [3.63, 3.8) is 0 Å². The van der Waals surface area contributed by atoms with Gasteiger partial charge in [-0.05, 0) is 46.0 Å². The average Bonchev–Trinajstić information content (AvgIpc) is 2.96. The Morgan fingerprint density at radius 2 is 2.14 bits per heavy atom. The number of amides is 1. The molecule has 0 atom stereocenters.